The number of piperidine rings is 1. The van der Waals surface area contributed by atoms with Crippen LogP contribution in [0, 0.1) is 0 Å². The number of hydrogen-bond acceptors (Lipinski definition) is 11. The summed E-state index contributed by atoms with van der Waals surface area (Å²) < 4.78 is 21.3. The van der Waals surface area contributed by atoms with E-state index in [9.17, 15) is 29.4 Å². The Labute approximate surface area is 217 Å². The highest BCUT2D eigenvalue weighted by Gasteiger charge is 2.72. The Bertz CT molecular complexity index is 1260. The zero-order chi connectivity index (χ0) is 27.6. The molecule has 12 nitrogen and oxygen atoms in total. The molecule has 5 rings (SSSR count). The van der Waals surface area contributed by atoms with Crippen molar-refractivity contribution in [3.05, 3.63) is 35.1 Å². The topological polar surface area (TPSA) is 169 Å². The molecule has 0 amide bonds. The fraction of sp³-hybridized carbons (Fsp3) is 0.538. The average Bonchev–Trinajstić information content (AvgIpc) is 3.19. The summed E-state index contributed by atoms with van der Waals surface area (Å²) >= 11 is 0. The van der Waals surface area contributed by atoms with Gasteiger partial charge >= 0.3 is 18.1 Å². The van der Waals surface area contributed by atoms with Gasteiger partial charge in [0.15, 0.2) is 29.5 Å². The van der Waals surface area contributed by atoms with Crippen LogP contribution in [0.3, 0.4) is 0 Å². The third-order valence-electron chi connectivity index (χ3n) is 8.26. The third-order valence-corrected chi connectivity index (χ3v) is 8.26. The number of carboxylic acid groups (broad SMARTS) is 1. The first-order valence-corrected chi connectivity index (χ1v) is 12.3. The van der Waals surface area contributed by atoms with E-state index in [1.165, 1.54) is 19.1 Å². The quantitative estimate of drug-likeness (QED) is 0.340. The van der Waals surface area contributed by atoms with Gasteiger partial charge in [0.2, 0.25) is 6.10 Å². The van der Waals surface area contributed by atoms with Gasteiger partial charge in [0, 0.05) is 24.9 Å². The third kappa shape index (κ3) is 3.73. The summed E-state index contributed by atoms with van der Waals surface area (Å²) in [5.74, 6) is -2.46. The second-order valence-electron chi connectivity index (χ2n) is 10.3. The van der Waals surface area contributed by atoms with Crippen LogP contribution in [0.15, 0.2) is 24.0 Å². The molecule has 1 spiro atoms. The number of aromatic hydroxyl groups is 1. The number of hydrogen-bond donors (Lipinski definition) is 3. The first kappa shape index (κ1) is 26.0. The van der Waals surface area contributed by atoms with Gasteiger partial charge in [-0.2, -0.15) is 0 Å². The fourth-order valence-electron chi connectivity index (χ4n) is 6.58. The highest BCUT2D eigenvalue weighted by molar-refractivity contribution is 5.90. The van der Waals surface area contributed by atoms with Crippen LogP contribution in [0.4, 0.5) is 4.79 Å². The van der Waals surface area contributed by atoms with Crippen molar-refractivity contribution in [3.63, 3.8) is 0 Å². The van der Waals surface area contributed by atoms with E-state index in [2.05, 4.69) is 9.64 Å². The molecule has 1 aromatic rings. The number of Topliss-reactive ketones (excluding diaryl/α,β-unsaturated/α-hetero) is 1. The van der Waals surface area contributed by atoms with Crippen molar-refractivity contribution in [1.82, 2.24) is 4.90 Å². The number of nitrogens with zero attached hydrogens (tertiary/aromatic N) is 1. The number of benzene rings is 1. The minimum Gasteiger partial charge on any atom is -0.504 e. The molecular formula is C26H29NO11. The Balaban J connectivity index is 1.46. The van der Waals surface area contributed by atoms with Gasteiger partial charge in [-0.05, 0) is 51.1 Å². The second-order valence-corrected chi connectivity index (χ2v) is 10.3. The molecule has 0 unspecified atom stereocenters. The Morgan fingerprint density at radius 3 is 2.66 bits per heavy atom. The zero-order valence-corrected chi connectivity index (χ0v) is 21.1. The molecule has 204 valence electrons. The number of phenols is 1. The summed E-state index contributed by atoms with van der Waals surface area (Å²) in [5.41, 5.74) is -0.677. The van der Waals surface area contributed by atoms with E-state index in [-0.39, 0.29) is 29.7 Å². The van der Waals surface area contributed by atoms with Crippen LogP contribution in [0.2, 0.25) is 0 Å². The van der Waals surface area contributed by atoms with Crippen LogP contribution in [-0.2, 0) is 40.4 Å². The molecule has 2 aliphatic carbocycles. The van der Waals surface area contributed by atoms with Gasteiger partial charge < -0.3 is 39.2 Å². The minimum atomic E-state index is -1.83. The molecular weight excluding hydrogens is 502 g/mol. The molecule has 0 radical (unpaired) electrons. The molecule has 38 heavy (non-hydrogen) atoms. The predicted octanol–water partition coefficient (Wildman–Crippen LogP) is 1.19. The Morgan fingerprint density at radius 2 is 1.97 bits per heavy atom. The average molecular weight is 532 g/mol. The molecule has 2 heterocycles. The van der Waals surface area contributed by atoms with Crippen LogP contribution in [0.1, 0.15) is 44.2 Å². The first-order chi connectivity index (χ1) is 17.9. The minimum absolute atomic E-state index is 0.0332. The largest absolute Gasteiger partial charge is 0.506 e. The lowest BCUT2D eigenvalue weighted by Gasteiger charge is -2.61. The van der Waals surface area contributed by atoms with Crippen LogP contribution in [0.25, 0.3) is 0 Å². The van der Waals surface area contributed by atoms with E-state index >= 15 is 0 Å². The fourth-order valence-corrected chi connectivity index (χ4v) is 6.58. The number of likely N-dealkylation sites (tertiary alicyclic amines) is 1. The SMILES string of the molecule is CC(=O)O[C@@H](C)C(=O)C[C@@H](OC(=O)O)C(=O)OC1=CC[C@@]2(O)[C@H]3Cc4ccc(O)c5c4[C@@]2(CCN3C)[C@H]1O5. The molecule has 0 aromatic heterocycles. The Hall–Kier alpha value is -3.64. The molecule has 0 saturated carbocycles. The number of esters is 2. The monoisotopic (exact) mass is 531 g/mol. The van der Waals surface area contributed by atoms with E-state index < -0.39 is 59.6 Å². The number of likely N-dealkylation sites (N-methyl/N-ethyl adjacent to an activating group) is 1. The maximum Gasteiger partial charge on any atom is 0.506 e. The maximum absolute atomic E-state index is 13.1. The summed E-state index contributed by atoms with van der Waals surface area (Å²) in [5, 5.41) is 31.9. The van der Waals surface area contributed by atoms with Crippen molar-refractivity contribution in [2.24, 2.45) is 0 Å². The zero-order valence-electron chi connectivity index (χ0n) is 21.1. The number of aliphatic hydroxyl groups is 1. The Kier molecular flexibility index (Phi) is 6.14. The van der Waals surface area contributed by atoms with Gasteiger partial charge in [-0.15, -0.1) is 0 Å². The molecule has 3 N–H and O–H groups in total. The summed E-state index contributed by atoms with van der Waals surface area (Å²) in [6, 6.07) is 3.09. The van der Waals surface area contributed by atoms with Gasteiger partial charge in [0.25, 0.3) is 0 Å². The van der Waals surface area contributed by atoms with Crippen molar-refractivity contribution in [1.29, 1.82) is 0 Å². The lowest BCUT2D eigenvalue weighted by Crippen LogP contribution is -2.74. The summed E-state index contributed by atoms with van der Waals surface area (Å²) in [6.45, 7) is 3.03. The van der Waals surface area contributed by atoms with Crippen molar-refractivity contribution in [2.75, 3.05) is 13.6 Å². The van der Waals surface area contributed by atoms with Gasteiger partial charge in [-0.25, -0.2) is 9.59 Å². The molecule has 1 saturated heterocycles. The normalized spacial score (nSPS) is 30.2. The first-order valence-electron chi connectivity index (χ1n) is 12.3. The molecule has 1 aromatic carbocycles. The van der Waals surface area contributed by atoms with Gasteiger partial charge in [-0.1, -0.05) is 6.07 Å². The molecule has 12 heteroatoms. The standard InChI is InChI=1S/C26H29NO11/c1-12(35-13(2)28)16(30)11-18(37-24(32)33)23(31)36-17-6-7-26(34)19-10-14-4-5-15(29)21-20(14)25(26,22(17)38-21)8-9-27(19)3/h4-6,12,18-19,22,29,34H,7-11H2,1-3H3,(H,32,33)/t12-,18+,19+,22-,25-,26+/m0/s1. The maximum atomic E-state index is 13.1. The summed E-state index contributed by atoms with van der Waals surface area (Å²) in [4.78, 5) is 50.2. The number of carbonyl (C=O) groups is 4. The lowest BCUT2D eigenvalue weighted by molar-refractivity contribution is -0.173. The van der Waals surface area contributed by atoms with Crippen molar-refractivity contribution >= 4 is 23.9 Å². The lowest BCUT2D eigenvalue weighted by atomic mass is 9.50. The molecule has 2 bridgehead atoms. The predicted molar refractivity (Wildman–Crippen MR) is 126 cm³/mol. The van der Waals surface area contributed by atoms with Gasteiger partial charge in [0.05, 0.1) is 17.4 Å². The summed E-state index contributed by atoms with van der Waals surface area (Å²) in [6.07, 6.45) is -3.91. The van der Waals surface area contributed by atoms with Crippen molar-refractivity contribution in [3.8, 4) is 11.5 Å². The van der Waals surface area contributed by atoms with Crippen LogP contribution in [-0.4, -0.2) is 87.6 Å². The number of rotatable bonds is 7. The molecule has 2 aliphatic heterocycles. The smallest absolute Gasteiger partial charge is 0.504 e. The van der Waals surface area contributed by atoms with Crippen molar-refractivity contribution in [2.45, 2.75) is 74.9 Å². The highest BCUT2D eigenvalue weighted by atomic mass is 16.7. The summed E-state index contributed by atoms with van der Waals surface area (Å²) in [7, 11) is 1.94. The second kappa shape index (κ2) is 8.98. The van der Waals surface area contributed by atoms with Crippen LogP contribution >= 0.6 is 0 Å². The molecule has 4 aliphatic rings. The van der Waals surface area contributed by atoms with Crippen molar-refractivity contribution < 1.29 is 53.4 Å². The molecule has 1 fully saturated rings. The van der Waals surface area contributed by atoms with E-state index in [1.807, 2.05) is 13.1 Å². The Morgan fingerprint density at radius 1 is 1.24 bits per heavy atom. The van der Waals surface area contributed by atoms with Gasteiger partial charge in [-0.3, -0.25) is 9.59 Å². The van der Waals surface area contributed by atoms with Crippen LogP contribution in [0.5, 0.6) is 11.5 Å². The van der Waals surface area contributed by atoms with Gasteiger partial charge in [0.1, 0.15) is 5.76 Å². The van der Waals surface area contributed by atoms with E-state index in [0.717, 1.165) is 12.5 Å². The number of ether oxygens (including phenoxy) is 4. The van der Waals surface area contributed by atoms with E-state index in [1.54, 1.807) is 0 Å². The van der Waals surface area contributed by atoms with E-state index in [4.69, 9.17) is 19.3 Å². The van der Waals surface area contributed by atoms with Crippen LogP contribution < -0.4 is 4.74 Å². The number of phenolic OH excluding ortho intramolecular Hbond substituents is 1. The number of carbonyl (C=O) groups excluding carboxylic acids is 3. The number of ketones is 1. The van der Waals surface area contributed by atoms with E-state index in [0.29, 0.717) is 24.9 Å². The highest BCUT2D eigenvalue weighted by Crippen LogP contribution is 2.65. The molecule has 6 atom stereocenters.